The Morgan fingerprint density at radius 1 is 0.417 bits per heavy atom. The van der Waals surface area contributed by atoms with Crippen molar-refractivity contribution in [3.05, 3.63) is 141 Å². The minimum atomic E-state index is -1.47. The molecule has 0 unspecified atom stereocenters. The zero-order valence-corrected chi connectivity index (χ0v) is 19.3. The normalized spacial score (nSPS) is 10.7. The third-order valence-corrected chi connectivity index (χ3v) is 6.13. The van der Waals surface area contributed by atoms with Gasteiger partial charge in [0.15, 0.2) is 0 Å². The molecule has 36 heavy (non-hydrogen) atoms. The Balaban J connectivity index is 2.10. The molecule has 0 saturated carbocycles. The summed E-state index contributed by atoms with van der Waals surface area (Å²) in [6, 6.07) is 27.0. The largest absolute Gasteiger partial charge is 0.478 e. The lowest BCUT2D eigenvalue weighted by Crippen LogP contribution is -2.23. The Labute approximate surface area is 208 Å². The smallest absolute Gasteiger partial charge is 0.336 e. The molecule has 0 radical (unpaired) electrons. The van der Waals surface area contributed by atoms with Gasteiger partial charge in [-0.05, 0) is 52.6 Å². The first-order valence-electron chi connectivity index (χ1n) is 11.4. The average molecular weight is 481 g/mol. The summed E-state index contributed by atoms with van der Waals surface area (Å²) in [5.74, 6) is -4.17. The molecule has 0 aliphatic carbocycles. The van der Waals surface area contributed by atoms with Crippen LogP contribution in [-0.2, 0) is 19.3 Å². The second-order valence-corrected chi connectivity index (χ2v) is 8.46. The quantitative estimate of drug-likeness (QED) is 0.289. The molecule has 6 heteroatoms. The Bertz CT molecular complexity index is 1410. The van der Waals surface area contributed by atoms with Crippen molar-refractivity contribution in [2.24, 2.45) is 0 Å². The summed E-state index contributed by atoms with van der Waals surface area (Å²) < 4.78 is 0. The van der Waals surface area contributed by atoms with Crippen molar-refractivity contribution in [2.45, 2.75) is 19.3 Å². The van der Waals surface area contributed by atoms with E-state index in [0.29, 0.717) is 11.1 Å². The van der Waals surface area contributed by atoms with Crippen LogP contribution in [0.25, 0.3) is 0 Å². The highest BCUT2D eigenvalue weighted by molar-refractivity contribution is 6.08. The van der Waals surface area contributed by atoms with Gasteiger partial charge in [-0.25, -0.2) is 14.4 Å². The van der Waals surface area contributed by atoms with Crippen LogP contribution in [0.2, 0.25) is 0 Å². The molecule has 4 aromatic carbocycles. The summed E-state index contributed by atoms with van der Waals surface area (Å²) in [6.07, 6.45) is 0.196. The van der Waals surface area contributed by atoms with Crippen molar-refractivity contribution in [3.8, 4) is 0 Å². The average Bonchev–Trinajstić information content (AvgIpc) is 2.86. The monoisotopic (exact) mass is 480 g/mol. The first kappa shape index (κ1) is 24.4. The van der Waals surface area contributed by atoms with Crippen LogP contribution in [0.15, 0.2) is 91.0 Å². The number of benzene rings is 4. The number of hydrogen-bond donors (Lipinski definition) is 3. The molecule has 3 N–H and O–H groups in total. The molecule has 0 aromatic heterocycles. The van der Waals surface area contributed by atoms with Crippen LogP contribution < -0.4 is 0 Å². The van der Waals surface area contributed by atoms with Gasteiger partial charge in [0, 0.05) is 0 Å². The van der Waals surface area contributed by atoms with Gasteiger partial charge in [0.25, 0.3) is 0 Å². The van der Waals surface area contributed by atoms with E-state index in [1.54, 1.807) is 54.6 Å². The van der Waals surface area contributed by atoms with Gasteiger partial charge >= 0.3 is 17.9 Å². The van der Waals surface area contributed by atoms with Crippen molar-refractivity contribution < 1.29 is 29.7 Å². The third-order valence-electron chi connectivity index (χ3n) is 6.13. The lowest BCUT2D eigenvalue weighted by molar-refractivity contribution is 0.0646. The Hall–Kier alpha value is -4.71. The fourth-order valence-corrected chi connectivity index (χ4v) is 4.61. The molecule has 0 bridgehead atoms. The van der Waals surface area contributed by atoms with Gasteiger partial charge in [0.05, 0.1) is 16.7 Å². The zero-order chi connectivity index (χ0) is 25.7. The topological polar surface area (TPSA) is 112 Å². The van der Waals surface area contributed by atoms with Crippen LogP contribution >= 0.6 is 0 Å². The molecule has 0 atom stereocenters. The molecule has 4 rings (SSSR count). The summed E-state index contributed by atoms with van der Waals surface area (Å²) in [7, 11) is 0. The molecule has 0 amide bonds. The van der Waals surface area contributed by atoms with E-state index in [1.165, 1.54) is 0 Å². The lowest BCUT2D eigenvalue weighted by Gasteiger charge is -2.23. The zero-order valence-electron chi connectivity index (χ0n) is 19.3. The Morgan fingerprint density at radius 3 is 1.03 bits per heavy atom. The summed E-state index contributed by atoms with van der Waals surface area (Å²) in [5.41, 5.74) is 1.71. The van der Waals surface area contributed by atoms with E-state index >= 15 is 0 Å². The van der Waals surface area contributed by atoms with Crippen molar-refractivity contribution >= 4 is 17.9 Å². The molecule has 0 heterocycles. The number of carboxylic acid groups (broad SMARTS) is 3. The maximum atomic E-state index is 12.7. The van der Waals surface area contributed by atoms with Crippen LogP contribution in [0.5, 0.6) is 0 Å². The number of aromatic carboxylic acids is 3. The van der Waals surface area contributed by atoms with E-state index in [4.69, 9.17) is 0 Å². The van der Waals surface area contributed by atoms with Crippen LogP contribution in [0.1, 0.15) is 64.5 Å². The first-order chi connectivity index (χ1) is 17.4. The maximum absolute atomic E-state index is 12.7. The second-order valence-electron chi connectivity index (χ2n) is 8.46. The number of hydrogen-bond acceptors (Lipinski definition) is 3. The fourth-order valence-electron chi connectivity index (χ4n) is 4.61. The van der Waals surface area contributed by atoms with E-state index in [9.17, 15) is 29.7 Å². The van der Waals surface area contributed by atoms with Gasteiger partial charge in [0.2, 0.25) is 0 Å². The summed E-state index contributed by atoms with van der Waals surface area (Å²) in [6.45, 7) is 0. The third kappa shape index (κ3) is 5.18. The molecule has 0 fully saturated rings. The lowest BCUT2D eigenvalue weighted by atomic mass is 9.80. The van der Waals surface area contributed by atoms with Crippen LogP contribution in [0.4, 0.5) is 0 Å². The summed E-state index contributed by atoms with van der Waals surface area (Å²) >= 11 is 0. The molecule has 0 spiro atoms. The molecule has 4 aromatic rings. The van der Waals surface area contributed by atoms with Gasteiger partial charge < -0.3 is 15.3 Å². The highest BCUT2D eigenvalue weighted by Crippen LogP contribution is 2.34. The highest BCUT2D eigenvalue weighted by Gasteiger charge is 2.33. The Kier molecular flexibility index (Phi) is 7.25. The van der Waals surface area contributed by atoms with Gasteiger partial charge in [0.1, 0.15) is 0 Å². The van der Waals surface area contributed by atoms with Gasteiger partial charge in [-0.3, -0.25) is 0 Å². The summed E-state index contributed by atoms with van der Waals surface area (Å²) in [4.78, 5) is 37.9. The van der Waals surface area contributed by atoms with E-state index in [0.717, 1.165) is 11.1 Å². The van der Waals surface area contributed by atoms with Crippen LogP contribution in [0.3, 0.4) is 0 Å². The highest BCUT2D eigenvalue weighted by atomic mass is 16.4. The SMILES string of the molecule is O=C(O)c1c(Cc2ccccc2)c(Cc2ccccc2)c(C(=O)O)c(C(=O)O)c1Cc1ccccc1. The molecule has 180 valence electrons. The standard InChI is InChI=1S/C30H24O6/c31-28(32)25-22(16-19-10-4-1-5-11-19)23(17-20-12-6-2-7-13-20)26(29(33)34)27(30(35)36)24(25)18-21-14-8-3-9-15-21/h1-15H,16-18H2,(H,31,32)(H,33,34)(H,35,36). The van der Waals surface area contributed by atoms with Gasteiger partial charge in [-0.1, -0.05) is 91.0 Å². The predicted molar refractivity (Wildman–Crippen MR) is 135 cm³/mol. The Morgan fingerprint density at radius 2 is 0.694 bits per heavy atom. The van der Waals surface area contributed by atoms with Crippen molar-refractivity contribution in [1.29, 1.82) is 0 Å². The fraction of sp³-hybridized carbons (Fsp3) is 0.100. The molecule has 0 aliphatic rings. The van der Waals surface area contributed by atoms with E-state index in [-0.39, 0.29) is 41.5 Å². The number of carbonyl (C=O) groups is 3. The minimum Gasteiger partial charge on any atom is -0.478 e. The van der Waals surface area contributed by atoms with Crippen LogP contribution in [-0.4, -0.2) is 33.2 Å². The molecular formula is C30H24O6. The second kappa shape index (κ2) is 10.7. The number of rotatable bonds is 9. The van der Waals surface area contributed by atoms with Gasteiger partial charge in [-0.15, -0.1) is 0 Å². The van der Waals surface area contributed by atoms with E-state index in [2.05, 4.69) is 0 Å². The van der Waals surface area contributed by atoms with Crippen molar-refractivity contribution in [2.75, 3.05) is 0 Å². The van der Waals surface area contributed by atoms with E-state index in [1.807, 2.05) is 36.4 Å². The number of carboxylic acids is 3. The van der Waals surface area contributed by atoms with Crippen molar-refractivity contribution in [3.63, 3.8) is 0 Å². The first-order valence-corrected chi connectivity index (χ1v) is 11.4. The van der Waals surface area contributed by atoms with Crippen LogP contribution in [0, 0.1) is 0 Å². The minimum absolute atomic E-state index is 0.0126. The van der Waals surface area contributed by atoms with E-state index < -0.39 is 23.5 Å². The molecule has 6 nitrogen and oxygen atoms in total. The molecule has 0 aliphatic heterocycles. The van der Waals surface area contributed by atoms with Gasteiger partial charge in [-0.2, -0.15) is 0 Å². The molecular weight excluding hydrogens is 456 g/mol. The maximum Gasteiger partial charge on any atom is 0.336 e. The molecule has 0 saturated heterocycles. The predicted octanol–water partition coefficient (Wildman–Crippen LogP) is 5.55. The summed E-state index contributed by atoms with van der Waals surface area (Å²) in [5, 5.41) is 30.9. The van der Waals surface area contributed by atoms with Crippen molar-refractivity contribution in [1.82, 2.24) is 0 Å².